The van der Waals surface area contributed by atoms with E-state index in [9.17, 15) is 4.79 Å². The smallest absolute Gasteiger partial charge is 0.251 e. The molecule has 0 atom stereocenters. The highest BCUT2D eigenvalue weighted by Crippen LogP contribution is 1.97. The summed E-state index contributed by atoms with van der Waals surface area (Å²) in [7, 11) is 1.88. The van der Waals surface area contributed by atoms with E-state index in [1.54, 1.807) is 12.1 Å². The van der Waals surface area contributed by atoms with Crippen LogP contribution in [0.1, 0.15) is 10.4 Å². The largest absolute Gasteiger partial charge is 0.378 e. The number of likely N-dealkylation sites (N-methyl/N-ethyl adjacent to an activating group) is 1. The predicted octanol–water partition coefficient (Wildman–Crippen LogP) is 0.669. The molecule has 0 radical (unpaired) electrons. The molecule has 1 aromatic carbocycles. The first-order valence-electron chi connectivity index (χ1n) is 6.48. The third-order valence-electron chi connectivity index (χ3n) is 2.44. The van der Waals surface area contributed by atoms with E-state index in [-0.39, 0.29) is 5.91 Å². The Morgan fingerprint density at radius 2 is 1.63 bits per heavy atom. The topological polar surface area (TPSA) is 59.6 Å². The van der Waals surface area contributed by atoms with Crippen LogP contribution in [0.15, 0.2) is 30.3 Å². The van der Waals surface area contributed by atoms with Crippen LogP contribution in [0.25, 0.3) is 0 Å². The molecule has 1 amide bonds. The highest BCUT2D eigenvalue weighted by molar-refractivity contribution is 5.94. The Kier molecular flexibility index (Phi) is 8.63. The number of carbonyl (C=O) groups excluding carboxylic acids is 1. The van der Waals surface area contributed by atoms with Crippen LogP contribution < -0.4 is 10.6 Å². The van der Waals surface area contributed by atoms with Crippen LogP contribution in [-0.2, 0) is 9.47 Å². The second kappa shape index (κ2) is 10.5. The molecule has 0 saturated heterocycles. The summed E-state index contributed by atoms with van der Waals surface area (Å²) in [4.78, 5) is 11.7. The number of nitrogens with one attached hydrogen (secondary N) is 2. The molecule has 106 valence electrons. The lowest BCUT2D eigenvalue weighted by atomic mass is 10.2. The highest BCUT2D eigenvalue weighted by atomic mass is 16.5. The molecule has 1 aromatic rings. The number of benzene rings is 1. The summed E-state index contributed by atoms with van der Waals surface area (Å²) in [5, 5.41) is 5.79. The molecule has 5 nitrogen and oxygen atoms in total. The third-order valence-corrected chi connectivity index (χ3v) is 2.44. The molecule has 1 rings (SSSR count). The van der Waals surface area contributed by atoms with Gasteiger partial charge in [0.05, 0.1) is 26.4 Å². The first-order valence-corrected chi connectivity index (χ1v) is 6.48. The molecule has 0 aromatic heterocycles. The average Bonchev–Trinajstić information content (AvgIpc) is 2.46. The van der Waals surface area contributed by atoms with E-state index in [1.807, 2.05) is 25.2 Å². The van der Waals surface area contributed by atoms with Crippen LogP contribution >= 0.6 is 0 Å². The third kappa shape index (κ3) is 7.56. The van der Waals surface area contributed by atoms with Crippen LogP contribution in [0.4, 0.5) is 0 Å². The van der Waals surface area contributed by atoms with Gasteiger partial charge in [-0.15, -0.1) is 0 Å². The van der Waals surface area contributed by atoms with Gasteiger partial charge in [-0.05, 0) is 19.2 Å². The Balaban J connectivity index is 1.95. The maximum atomic E-state index is 11.7. The van der Waals surface area contributed by atoms with Crippen LogP contribution in [-0.4, -0.2) is 52.5 Å². The molecule has 0 heterocycles. The molecule has 0 aliphatic carbocycles. The van der Waals surface area contributed by atoms with Gasteiger partial charge in [0.1, 0.15) is 0 Å². The molecule has 0 saturated carbocycles. The number of carbonyl (C=O) groups is 1. The van der Waals surface area contributed by atoms with E-state index < -0.39 is 0 Å². The van der Waals surface area contributed by atoms with E-state index in [2.05, 4.69) is 10.6 Å². The summed E-state index contributed by atoms with van der Waals surface area (Å²) in [5.41, 5.74) is 0.665. The monoisotopic (exact) mass is 266 g/mol. The van der Waals surface area contributed by atoms with E-state index in [0.717, 1.165) is 6.54 Å². The summed E-state index contributed by atoms with van der Waals surface area (Å²) in [6, 6.07) is 9.13. The van der Waals surface area contributed by atoms with Gasteiger partial charge in [0.15, 0.2) is 0 Å². The van der Waals surface area contributed by atoms with Crippen molar-refractivity contribution in [3.8, 4) is 0 Å². The van der Waals surface area contributed by atoms with Gasteiger partial charge < -0.3 is 20.1 Å². The van der Waals surface area contributed by atoms with Crippen molar-refractivity contribution in [3.63, 3.8) is 0 Å². The minimum atomic E-state index is -0.0746. The van der Waals surface area contributed by atoms with Crippen molar-refractivity contribution >= 4 is 5.91 Å². The zero-order valence-electron chi connectivity index (χ0n) is 11.4. The van der Waals surface area contributed by atoms with E-state index >= 15 is 0 Å². The SMILES string of the molecule is CNCCOCCOCCNC(=O)c1ccccc1. The number of ether oxygens (including phenoxy) is 2. The van der Waals surface area contributed by atoms with Crippen molar-refractivity contribution in [3.05, 3.63) is 35.9 Å². The maximum absolute atomic E-state index is 11.7. The van der Waals surface area contributed by atoms with E-state index in [1.165, 1.54) is 0 Å². The van der Waals surface area contributed by atoms with Gasteiger partial charge in [-0.25, -0.2) is 0 Å². The minimum absolute atomic E-state index is 0.0746. The highest BCUT2D eigenvalue weighted by Gasteiger charge is 2.02. The number of rotatable bonds is 10. The average molecular weight is 266 g/mol. The van der Waals surface area contributed by atoms with Crippen molar-refractivity contribution in [2.75, 3.05) is 46.6 Å². The molecule has 0 unspecified atom stereocenters. The number of hydrogen-bond acceptors (Lipinski definition) is 4. The first kappa shape index (κ1) is 15.6. The van der Waals surface area contributed by atoms with Crippen LogP contribution in [0.2, 0.25) is 0 Å². The second-order valence-corrected chi connectivity index (χ2v) is 3.95. The first-order chi connectivity index (χ1) is 9.34. The Labute approximate surface area is 114 Å². The van der Waals surface area contributed by atoms with Crippen LogP contribution in [0.3, 0.4) is 0 Å². The Hall–Kier alpha value is -1.43. The molecule has 19 heavy (non-hydrogen) atoms. The van der Waals surface area contributed by atoms with Crippen molar-refractivity contribution in [2.45, 2.75) is 0 Å². The fourth-order valence-corrected chi connectivity index (χ4v) is 1.42. The van der Waals surface area contributed by atoms with Crippen LogP contribution in [0.5, 0.6) is 0 Å². The fraction of sp³-hybridized carbons (Fsp3) is 0.500. The number of amides is 1. The van der Waals surface area contributed by atoms with Gasteiger partial charge >= 0.3 is 0 Å². The molecule has 0 aliphatic heterocycles. The van der Waals surface area contributed by atoms with Crippen molar-refractivity contribution in [2.24, 2.45) is 0 Å². The van der Waals surface area contributed by atoms with Crippen LogP contribution in [0, 0.1) is 0 Å². The van der Waals surface area contributed by atoms with Crippen molar-refractivity contribution < 1.29 is 14.3 Å². The normalized spacial score (nSPS) is 10.4. The zero-order valence-corrected chi connectivity index (χ0v) is 11.4. The van der Waals surface area contributed by atoms with Gasteiger partial charge in [-0.1, -0.05) is 18.2 Å². The van der Waals surface area contributed by atoms with Gasteiger partial charge in [0.2, 0.25) is 0 Å². The van der Waals surface area contributed by atoms with Crippen molar-refractivity contribution in [1.82, 2.24) is 10.6 Å². The Bertz CT molecular complexity index is 344. The Morgan fingerprint density at radius 3 is 2.26 bits per heavy atom. The molecule has 0 spiro atoms. The predicted molar refractivity (Wildman–Crippen MR) is 74.3 cm³/mol. The molecule has 0 aliphatic rings. The molecular formula is C14H22N2O3. The molecule has 0 fully saturated rings. The zero-order chi connectivity index (χ0) is 13.8. The van der Waals surface area contributed by atoms with E-state index in [4.69, 9.17) is 9.47 Å². The summed E-state index contributed by atoms with van der Waals surface area (Å²) >= 11 is 0. The van der Waals surface area contributed by atoms with Gasteiger partial charge in [-0.2, -0.15) is 0 Å². The molecule has 2 N–H and O–H groups in total. The summed E-state index contributed by atoms with van der Waals surface area (Å²) in [6.45, 7) is 3.65. The maximum Gasteiger partial charge on any atom is 0.251 e. The lowest BCUT2D eigenvalue weighted by molar-refractivity contribution is 0.0497. The van der Waals surface area contributed by atoms with E-state index in [0.29, 0.717) is 38.5 Å². The molecule has 5 heteroatoms. The van der Waals surface area contributed by atoms with Gasteiger partial charge in [0.25, 0.3) is 5.91 Å². The Morgan fingerprint density at radius 1 is 1.00 bits per heavy atom. The van der Waals surface area contributed by atoms with Gasteiger partial charge in [-0.3, -0.25) is 4.79 Å². The standard InChI is InChI=1S/C14H22N2O3/c1-15-7-9-18-11-12-19-10-8-16-14(17)13-5-3-2-4-6-13/h2-6,15H,7-12H2,1H3,(H,16,17). The van der Waals surface area contributed by atoms with Gasteiger partial charge in [0, 0.05) is 18.7 Å². The summed E-state index contributed by atoms with van der Waals surface area (Å²) < 4.78 is 10.6. The lowest BCUT2D eigenvalue weighted by Crippen LogP contribution is -2.27. The molecular weight excluding hydrogens is 244 g/mol. The summed E-state index contributed by atoms with van der Waals surface area (Å²) in [5.74, 6) is -0.0746. The molecule has 0 bridgehead atoms. The quantitative estimate of drug-likeness (QED) is 0.611. The fourth-order valence-electron chi connectivity index (χ4n) is 1.42. The summed E-state index contributed by atoms with van der Waals surface area (Å²) in [6.07, 6.45) is 0. The minimum Gasteiger partial charge on any atom is -0.378 e. The second-order valence-electron chi connectivity index (χ2n) is 3.95. The number of hydrogen-bond donors (Lipinski definition) is 2. The van der Waals surface area contributed by atoms with Crippen molar-refractivity contribution in [1.29, 1.82) is 0 Å². The lowest BCUT2D eigenvalue weighted by Gasteiger charge is -2.07.